The molecule has 1 nitrogen and oxygen atoms in total. The van der Waals surface area contributed by atoms with Crippen LogP contribution >= 0.6 is 0 Å². The molecule has 2 aromatic rings. The number of hydrogen-bond acceptors (Lipinski definition) is 1. The van der Waals surface area contributed by atoms with Gasteiger partial charge in [-0.25, -0.2) is 13.2 Å². The standard InChI is InChI=1S/C15H11F3O/c1-9-5-6-10(7-14(9)18)15(19)8-11-12(16)3-2-4-13(11)17/h2-7H,8H2,1H3. The van der Waals surface area contributed by atoms with Gasteiger partial charge >= 0.3 is 0 Å². The van der Waals surface area contributed by atoms with E-state index in [1.165, 1.54) is 18.2 Å². The molecule has 0 bridgehead atoms. The van der Waals surface area contributed by atoms with Gasteiger partial charge in [0.25, 0.3) is 0 Å². The minimum atomic E-state index is -0.777. The lowest BCUT2D eigenvalue weighted by molar-refractivity contribution is 0.0990. The molecule has 0 spiro atoms. The number of hydrogen-bond donors (Lipinski definition) is 0. The second-order valence-electron chi connectivity index (χ2n) is 4.26. The summed E-state index contributed by atoms with van der Waals surface area (Å²) in [5.41, 5.74) is 0.216. The second kappa shape index (κ2) is 5.26. The quantitative estimate of drug-likeness (QED) is 0.770. The Kier molecular flexibility index (Phi) is 3.69. The monoisotopic (exact) mass is 264 g/mol. The third-order valence-corrected chi connectivity index (χ3v) is 2.89. The van der Waals surface area contributed by atoms with Gasteiger partial charge in [0.2, 0.25) is 0 Å². The summed E-state index contributed by atoms with van der Waals surface area (Å²) in [5.74, 6) is -2.59. The van der Waals surface area contributed by atoms with Crippen molar-refractivity contribution in [2.75, 3.05) is 0 Å². The van der Waals surface area contributed by atoms with Gasteiger partial charge in [-0.2, -0.15) is 0 Å². The van der Waals surface area contributed by atoms with Gasteiger partial charge in [-0.15, -0.1) is 0 Å². The van der Waals surface area contributed by atoms with Gasteiger partial charge < -0.3 is 0 Å². The van der Waals surface area contributed by atoms with Gasteiger partial charge in [0.05, 0.1) is 0 Å². The van der Waals surface area contributed by atoms with Crippen LogP contribution < -0.4 is 0 Å². The van der Waals surface area contributed by atoms with E-state index in [-0.39, 0.29) is 11.1 Å². The molecule has 0 N–H and O–H groups in total. The van der Waals surface area contributed by atoms with Gasteiger partial charge in [-0.1, -0.05) is 18.2 Å². The van der Waals surface area contributed by atoms with Crippen molar-refractivity contribution in [3.8, 4) is 0 Å². The molecule has 98 valence electrons. The highest BCUT2D eigenvalue weighted by Crippen LogP contribution is 2.16. The van der Waals surface area contributed by atoms with E-state index in [4.69, 9.17) is 0 Å². The number of carbonyl (C=O) groups is 1. The topological polar surface area (TPSA) is 17.1 Å². The van der Waals surface area contributed by atoms with Crippen LogP contribution in [0.4, 0.5) is 13.2 Å². The van der Waals surface area contributed by atoms with Crippen molar-refractivity contribution in [1.29, 1.82) is 0 Å². The van der Waals surface area contributed by atoms with Crippen LogP contribution in [0.5, 0.6) is 0 Å². The Balaban J connectivity index is 2.28. The van der Waals surface area contributed by atoms with E-state index >= 15 is 0 Å². The van der Waals surface area contributed by atoms with E-state index < -0.39 is 29.7 Å². The van der Waals surface area contributed by atoms with E-state index in [9.17, 15) is 18.0 Å². The molecule has 19 heavy (non-hydrogen) atoms. The predicted octanol–water partition coefficient (Wildman–Crippen LogP) is 3.84. The maximum absolute atomic E-state index is 13.4. The summed E-state index contributed by atoms with van der Waals surface area (Å²) >= 11 is 0. The summed E-state index contributed by atoms with van der Waals surface area (Å²) in [6.07, 6.45) is -0.430. The van der Waals surface area contributed by atoms with Crippen LogP contribution in [0.15, 0.2) is 36.4 Å². The van der Waals surface area contributed by atoms with Crippen LogP contribution in [0.25, 0.3) is 0 Å². The molecule has 0 amide bonds. The third kappa shape index (κ3) is 2.84. The molecule has 2 aromatic carbocycles. The summed E-state index contributed by atoms with van der Waals surface area (Å²) in [7, 11) is 0. The van der Waals surface area contributed by atoms with E-state index in [0.717, 1.165) is 18.2 Å². The average molecular weight is 264 g/mol. The smallest absolute Gasteiger partial charge is 0.167 e. The molecule has 0 heterocycles. The Bertz CT molecular complexity index is 615. The van der Waals surface area contributed by atoms with Gasteiger partial charge in [-0.05, 0) is 30.7 Å². The van der Waals surface area contributed by atoms with Crippen LogP contribution in [0, 0.1) is 24.4 Å². The molecular weight excluding hydrogens is 253 g/mol. The van der Waals surface area contributed by atoms with Gasteiger partial charge in [0.15, 0.2) is 5.78 Å². The van der Waals surface area contributed by atoms with E-state index in [0.29, 0.717) is 5.56 Å². The molecule has 0 atom stereocenters. The number of rotatable bonds is 3. The highest BCUT2D eigenvalue weighted by atomic mass is 19.1. The zero-order valence-corrected chi connectivity index (χ0v) is 10.2. The van der Waals surface area contributed by atoms with Crippen molar-refractivity contribution in [1.82, 2.24) is 0 Å². The fourth-order valence-electron chi connectivity index (χ4n) is 1.73. The first-order chi connectivity index (χ1) is 8.99. The van der Waals surface area contributed by atoms with E-state index in [2.05, 4.69) is 0 Å². The minimum Gasteiger partial charge on any atom is -0.294 e. The van der Waals surface area contributed by atoms with Crippen LogP contribution in [0.3, 0.4) is 0 Å². The fourth-order valence-corrected chi connectivity index (χ4v) is 1.73. The minimum absolute atomic E-state index is 0.103. The van der Waals surface area contributed by atoms with Crippen LogP contribution in [-0.4, -0.2) is 5.78 Å². The predicted molar refractivity (Wildman–Crippen MR) is 65.5 cm³/mol. The fraction of sp³-hybridized carbons (Fsp3) is 0.133. The molecule has 0 saturated heterocycles. The van der Waals surface area contributed by atoms with Crippen molar-refractivity contribution in [2.24, 2.45) is 0 Å². The number of Topliss-reactive ketones (excluding diaryl/α,β-unsaturated/α-hetero) is 1. The highest BCUT2D eigenvalue weighted by molar-refractivity contribution is 5.97. The molecular formula is C15H11F3O. The van der Waals surface area contributed by atoms with Crippen molar-refractivity contribution in [2.45, 2.75) is 13.3 Å². The lowest BCUT2D eigenvalue weighted by atomic mass is 10.0. The lowest BCUT2D eigenvalue weighted by Gasteiger charge is -2.05. The van der Waals surface area contributed by atoms with Crippen LogP contribution in [0.2, 0.25) is 0 Å². The first-order valence-electron chi connectivity index (χ1n) is 5.71. The largest absolute Gasteiger partial charge is 0.294 e. The zero-order chi connectivity index (χ0) is 14.0. The molecule has 0 unspecified atom stereocenters. The Morgan fingerprint density at radius 2 is 1.63 bits per heavy atom. The van der Waals surface area contributed by atoms with Crippen molar-refractivity contribution >= 4 is 5.78 Å². The molecule has 4 heteroatoms. The zero-order valence-electron chi connectivity index (χ0n) is 10.2. The molecule has 0 aliphatic rings. The lowest BCUT2D eigenvalue weighted by Crippen LogP contribution is -2.08. The maximum Gasteiger partial charge on any atom is 0.167 e. The van der Waals surface area contributed by atoms with Gasteiger partial charge in [0, 0.05) is 17.5 Å². The maximum atomic E-state index is 13.4. The molecule has 0 fully saturated rings. The summed E-state index contributed by atoms with van der Waals surface area (Å²) < 4.78 is 40.1. The Morgan fingerprint density at radius 3 is 2.21 bits per heavy atom. The summed E-state index contributed by atoms with van der Waals surface area (Å²) in [6.45, 7) is 1.57. The Hall–Kier alpha value is -2.10. The number of ketones is 1. The molecule has 0 radical (unpaired) electrons. The van der Waals surface area contributed by atoms with Gasteiger partial charge in [-0.3, -0.25) is 4.79 Å². The highest BCUT2D eigenvalue weighted by Gasteiger charge is 2.15. The van der Waals surface area contributed by atoms with Gasteiger partial charge in [0.1, 0.15) is 17.5 Å². The van der Waals surface area contributed by atoms with Crippen molar-refractivity contribution < 1.29 is 18.0 Å². The normalized spacial score (nSPS) is 10.5. The summed E-state index contributed by atoms with van der Waals surface area (Å²) in [6, 6.07) is 7.38. The van der Waals surface area contributed by atoms with Crippen LogP contribution in [0.1, 0.15) is 21.5 Å². The summed E-state index contributed by atoms with van der Waals surface area (Å²) in [5, 5.41) is 0. The van der Waals surface area contributed by atoms with Crippen molar-refractivity contribution in [3.05, 3.63) is 70.5 Å². The number of aryl methyl sites for hydroxylation is 1. The third-order valence-electron chi connectivity index (χ3n) is 2.89. The molecule has 0 aromatic heterocycles. The molecule has 2 rings (SSSR count). The molecule has 0 aliphatic carbocycles. The van der Waals surface area contributed by atoms with Crippen molar-refractivity contribution in [3.63, 3.8) is 0 Å². The first-order valence-corrected chi connectivity index (χ1v) is 5.71. The van der Waals surface area contributed by atoms with E-state index in [1.54, 1.807) is 6.92 Å². The Morgan fingerprint density at radius 1 is 1.00 bits per heavy atom. The SMILES string of the molecule is Cc1ccc(C(=O)Cc2c(F)cccc2F)cc1F. The summed E-state index contributed by atoms with van der Waals surface area (Å²) in [4.78, 5) is 11.9. The number of benzene rings is 2. The first kappa shape index (κ1) is 13.3. The Labute approximate surface area is 108 Å². The van der Waals surface area contributed by atoms with E-state index in [1.807, 2.05) is 0 Å². The average Bonchev–Trinajstić information content (AvgIpc) is 2.37. The van der Waals surface area contributed by atoms with Crippen LogP contribution in [-0.2, 0) is 6.42 Å². The number of halogens is 3. The number of carbonyl (C=O) groups excluding carboxylic acids is 1. The second-order valence-corrected chi connectivity index (χ2v) is 4.26. The molecule has 0 saturated carbocycles. The molecule has 0 aliphatic heterocycles.